The molecule has 4 N–H and O–H groups in total. The maximum absolute atomic E-state index is 12.3. The molecule has 1 aliphatic carbocycles. The molecule has 8 nitrogen and oxygen atoms in total. The van der Waals surface area contributed by atoms with Crippen molar-refractivity contribution in [2.24, 2.45) is 11.8 Å². The van der Waals surface area contributed by atoms with Crippen molar-refractivity contribution in [2.45, 2.75) is 167 Å². The zero-order valence-electron chi connectivity index (χ0n) is 27.8. The number of unbranched alkanes of at least 4 members (excludes halogenated alkanes) is 13. The lowest BCUT2D eigenvalue weighted by Gasteiger charge is -2.19. The lowest BCUT2D eigenvalue weighted by molar-refractivity contribution is -0.160. The Kier molecular flexibility index (Phi) is 24.2. The number of aliphatic hydroxyl groups is 4. The molecule has 44 heavy (non-hydrogen) atoms. The minimum atomic E-state index is -0.910. The van der Waals surface area contributed by atoms with Crippen molar-refractivity contribution in [3.05, 3.63) is 24.3 Å². The van der Waals surface area contributed by atoms with Crippen LogP contribution in [-0.4, -0.2) is 70.0 Å². The molecule has 1 fully saturated rings. The molecule has 0 bridgehead atoms. The van der Waals surface area contributed by atoms with Gasteiger partial charge in [0.05, 0.1) is 31.3 Å². The van der Waals surface area contributed by atoms with Crippen molar-refractivity contribution in [2.75, 3.05) is 13.2 Å². The molecule has 0 aromatic rings. The predicted molar refractivity (Wildman–Crippen MR) is 175 cm³/mol. The first-order valence-electron chi connectivity index (χ1n) is 17.7. The van der Waals surface area contributed by atoms with Crippen LogP contribution in [0.3, 0.4) is 0 Å². The van der Waals surface area contributed by atoms with Gasteiger partial charge in [-0.2, -0.15) is 0 Å². The molecule has 0 spiro atoms. The number of allylic oxidation sites excluding steroid dienone is 1. The highest BCUT2D eigenvalue weighted by Gasteiger charge is 2.39. The highest BCUT2D eigenvalue weighted by molar-refractivity contribution is 5.71. The Morgan fingerprint density at radius 1 is 0.795 bits per heavy atom. The van der Waals surface area contributed by atoms with Gasteiger partial charge in [-0.15, -0.1) is 0 Å². The van der Waals surface area contributed by atoms with Crippen molar-refractivity contribution in [3.63, 3.8) is 0 Å². The van der Waals surface area contributed by atoms with E-state index in [-0.39, 0.29) is 37.3 Å². The van der Waals surface area contributed by atoms with Crippen LogP contribution in [0.25, 0.3) is 0 Å². The highest BCUT2D eigenvalue weighted by Crippen LogP contribution is 2.36. The Labute approximate surface area is 267 Å². The third-order valence-corrected chi connectivity index (χ3v) is 8.60. The summed E-state index contributed by atoms with van der Waals surface area (Å²) in [6, 6.07) is 0. The van der Waals surface area contributed by atoms with E-state index in [9.17, 15) is 30.0 Å². The largest absolute Gasteiger partial charge is 0.462 e. The highest BCUT2D eigenvalue weighted by atomic mass is 16.6. The molecule has 8 heteroatoms. The van der Waals surface area contributed by atoms with Gasteiger partial charge in [0.2, 0.25) is 0 Å². The number of esters is 2. The summed E-state index contributed by atoms with van der Waals surface area (Å²) in [5.41, 5.74) is 0. The Morgan fingerprint density at radius 3 is 2.00 bits per heavy atom. The SMILES string of the molecule is CCCCCCCCCCCCCCC(=O)OC[C@H](CO)OC(=O)C/C=C\C[C@H]1[C@@H](/C=C/[C@H](O)CCCCC)[C@H](O)C[C@@H]1O. The smallest absolute Gasteiger partial charge is 0.310 e. The van der Waals surface area contributed by atoms with Gasteiger partial charge in [-0.3, -0.25) is 9.59 Å². The van der Waals surface area contributed by atoms with Gasteiger partial charge in [0, 0.05) is 18.8 Å². The van der Waals surface area contributed by atoms with Gasteiger partial charge >= 0.3 is 11.9 Å². The second-order valence-corrected chi connectivity index (χ2v) is 12.6. The molecule has 0 aromatic carbocycles. The number of carbonyl (C=O) groups excluding carboxylic acids is 2. The zero-order valence-corrected chi connectivity index (χ0v) is 27.8. The van der Waals surface area contributed by atoms with Crippen molar-refractivity contribution >= 4 is 11.9 Å². The van der Waals surface area contributed by atoms with E-state index >= 15 is 0 Å². The van der Waals surface area contributed by atoms with Crippen molar-refractivity contribution in [3.8, 4) is 0 Å². The first-order valence-corrected chi connectivity index (χ1v) is 17.7. The quantitative estimate of drug-likeness (QED) is 0.0450. The van der Waals surface area contributed by atoms with Crippen molar-refractivity contribution in [1.29, 1.82) is 0 Å². The van der Waals surface area contributed by atoms with Gasteiger partial charge in [-0.05, 0) is 25.2 Å². The molecule has 0 heterocycles. The molecule has 6 atom stereocenters. The number of hydrogen-bond donors (Lipinski definition) is 4. The molecule has 0 aromatic heterocycles. The molecule has 1 aliphatic rings. The van der Waals surface area contributed by atoms with Crippen LogP contribution >= 0.6 is 0 Å². The summed E-state index contributed by atoms with van der Waals surface area (Å²) >= 11 is 0. The average Bonchev–Trinajstić information content (AvgIpc) is 3.28. The van der Waals surface area contributed by atoms with E-state index in [1.807, 2.05) is 6.08 Å². The molecular formula is C36H64O8. The van der Waals surface area contributed by atoms with Gasteiger partial charge in [0.1, 0.15) is 6.61 Å². The molecule has 0 saturated heterocycles. The molecule has 0 aliphatic heterocycles. The number of hydrogen-bond acceptors (Lipinski definition) is 8. The molecule has 1 saturated carbocycles. The first-order chi connectivity index (χ1) is 21.3. The van der Waals surface area contributed by atoms with Crippen molar-refractivity contribution < 1.29 is 39.5 Å². The Hall–Kier alpha value is -1.74. The molecule has 0 radical (unpaired) electrons. The van der Waals surface area contributed by atoms with Crippen LogP contribution in [0.15, 0.2) is 24.3 Å². The third kappa shape index (κ3) is 19.6. The van der Waals surface area contributed by atoms with Crippen LogP contribution in [0.4, 0.5) is 0 Å². The van der Waals surface area contributed by atoms with Crippen molar-refractivity contribution in [1.82, 2.24) is 0 Å². The van der Waals surface area contributed by atoms with Gasteiger partial charge in [0.15, 0.2) is 6.10 Å². The summed E-state index contributed by atoms with van der Waals surface area (Å²) in [6.07, 6.45) is 23.6. The van der Waals surface area contributed by atoms with Gasteiger partial charge < -0.3 is 29.9 Å². The van der Waals surface area contributed by atoms with Gasteiger partial charge in [-0.1, -0.05) is 128 Å². The van der Waals surface area contributed by atoms with E-state index in [1.54, 1.807) is 18.2 Å². The predicted octanol–water partition coefficient (Wildman–Crippen LogP) is 6.72. The molecular weight excluding hydrogens is 560 g/mol. The summed E-state index contributed by atoms with van der Waals surface area (Å²) < 4.78 is 10.5. The van der Waals surface area contributed by atoms with Crippen LogP contribution in [0.5, 0.6) is 0 Å². The average molecular weight is 625 g/mol. The fourth-order valence-electron chi connectivity index (χ4n) is 5.82. The Morgan fingerprint density at radius 2 is 1.39 bits per heavy atom. The van der Waals surface area contributed by atoms with Crippen LogP contribution in [0.1, 0.15) is 142 Å². The third-order valence-electron chi connectivity index (χ3n) is 8.60. The summed E-state index contributed by atoms with van der Waals surface area (Å²) in [5, 5.41) is 40.6. The topological polar surface area (TPSA) is 134 Å². The Balaban J connectivity index is 2.22. The van der Waals surface area contributed by atoms with E-state index in [2.05, 4.69) is 13.8 Å². The molecule has 1 rings (SSSR count). The van der Waals surface area contributed by atoms with Crippen LogP contribution in [0, 0.1) is 11.8 Å². The number of aliphatic hydroxyl groups excluding tert-OH is 4. The maximum Gasteiger partial charge on any atom is 0.310 e. The van der Waals surface area contributed by atoms with E-state index in [0.717, 1.165) is 38.5 Å². The lowest BCUT2D eigenvalue weighted by Crippen LogP contribution is -2.28. The monoisotopic (exact) mass is 624 g/mol. The molecule has 0 unspecified atom stereocenters. The standard InChI is InChI=1S/C36H64O8/c1-3-5-7-8-9-10-11-12-13-14-15-17-22-35(41)43-28-30(27-37)44-36(42)23-19-18-21-31-32(34(40)26-33(31)39)25-24-29(38)20-16-6-4-2/h18-19,24-25,29-34,37-40H,3-17,20-23,26-28H2,1-2H3/b19-18-,25-24+/t29-,30+,31+,32-,33+,34-/m1/s1. The maximum atomic E-state index is 12.3. The lowest BCUT2D eigenvalue weighted by atomic mass is 9.89. The fraction of sp³-hybridized carbons (Fsp3) is 0.833. The summed E-state index contributed by atoms with van der Waals surface area (Å²) in [5.74, 6) is -1.38. The Bertz CT molecular complexity index is 782. The van der Waals surface area contributed by atoms with Crippen LogP contribution < -0.4 is 0 Å². The van der Waals surface area contributed by atoms with E-state index in [4.69, 9.17) is 9.47 Å². The number of carbonyl (C=O) groups is 2. The first kappa shape index (κ1) is 40.3. The fourth-order valence-corrected chi connectivity index (χ4v) is 5.82. The summed E-state index contributed by atoms with van der Waals surface area (Å²) in [6.45, 7) is 3.74. The normalized spacial score (nSPS) is 21.7. The van der Waals surface area contributed by atoms with Gasteiger partial charge in [0.25, 0.3) is 0 Å². The van der Waals surface area contributed by atoms with E-state index in [0.29, 0.717) is 19.3 Å². The second kappa shape index (κ2) is 26.5. The van der Waals surface area contributed by atoms with Gasteiger partial charge in [-0.25, -0.2) is 0 Å². The second-order valence-electron chi connectivity index (χ2n) is 12.6. The summed E-state index contributed by atoms with van der Waals surface area (Å²) in [4.78, 5) is 24.3. The zero-order chi connectivity index (χ0) is 32.4. The van der Waals surface area contributed by atoms with E-state index < -0.39 is 37.0 Å². The number of ether oxygens (including phenoxy) is 2. The minimum absolute atomic E-state index is 0.0225. The molecule has 256 valence electrons. The molecule has 0 amide bonds. The van der Waals surface area contributed by atoms with Crippen LogP contribution in [-0.2, 0) is 19.1 Å². The number of rotatable bonds is 27. The minimum Gasteiger partial charge on any atom is -0.462 e. The summed E-state index contributed by atoms with van der Waals surface area (Å²) in [7, 11) is 0. The van der Waals surface area contributed by atoms with E-state index in [1.165, 1.54) is 57.8 Å². The van der Waals surface area contributed by atoms with Crippen LogP contribution in [0.2, 0.25) is 0 Å².